The predicted octanol–water partition coefficient (Wildman–Crippen LogP) is 6.23. The van der Waals surface area contributed by atoms with Gasteiger partial charge in [0, 0.05) is 29.6 Å². The molecule has 1 aliphatic carbocycles. The van der Waals surface area contributed by atoms with Gasteiger partial charge in [0.15, 0.2) is 0 Å². The van der Waals surface area contributed by atoms with Crippen LogP contribution < -0.4 is 21.7 Å². The fraction of sp³-hybridized carbons (Fsp3) is 0.436. The summed E-state index contributed by atoms with van der Waals surface area (Å²) in [5.74, 6) is -1.75. The summed E-state index contributed by atoms with van der Waals surface area (Å²) in [6.45, 7) is 4.48. The molecule has 1 aromatic heterocycles. The van der Waals surface area contributed by atoms with Crippen molar-refractivity contribution in [1.29, 1.82) is 0 Å². The molecule has 2 aliphatic rings. The Labute approximate surface area is 313 Å². The van der Waals surface area contributed by atoms with Gasteiger partial charge in [-0.3, -0.25) is 14.4 Å². The Balaban J connectivity index is 0.00000541. The summed E-state index contributed by atoms with van der Waals surface area (Å²) in [7, 11) is 2.09. The summed E-state index contributed by atoms with van der Waals surface area (Å²) in [5, 5.41) is 8.91. The summed E-state index contributed by atoms with van der Waals surface area (Å²) in [6.07, 6.45) is 0.485. The highest BCUT2D eigenvalue weighted by Crippen LogP contribution is 2.31. The summed E-state index contributed by atoms with van der Waals surface area (Å²) >= 11 is 0. The minimum Gasteiger partial charge on any atom is -0.349 e. The summed E-state index contributed by atoms with van der Waals surface area (Å²) < 4.78 is 39.6. The minimum atomic E-state index is -4.64. The third-order valence-corrected chi connectivity index (χ3v) is 10.4. The van der Waals surface area contributed by atoms with E-state index in [1.165, 1.54) is 18.2 Å². The van der Waals surface area contributed by atoms with Crippen molar-refractivity contribution in [2.24, 2.45) is 17.6 Å². The summed E-state index contributed by atoms with van der Waals surface area (Å²) in [5.41, 5.74) is 10.6. The number of alkyl halides is 3. The van der Waals surface area contributed by atoms with Gasteiger partial charge in [0.2, 0.25) is 17.6 Å². The number of nitrogens with one attached hydrogen (secondary N) is 4. The van der Waals surface area contributed by atoms with Crippen molar-refractivity contribution in [3.63, 3.8) is 0 Å². The van der Waals surface area contributed by atoms with Crippen molar-refractivity contribution >= 4 is 46.8 Å². The van der Waals surface area contributed by atoms with E-state index in [1.54, 1.807) is 0 Å². The number of aryl methyl sites for hydroxylation is 1. The number of nitrogens with two attached hydrogens (primary N) is 1. The van der Waals surface area contributed by atoms with Crippen LogP contribution >= 0.6 is 12.4 Å². The average molecular weight is 754 g/mol. The molecule has 1 saturated heterocycles. The summed E-state index contributed by atoms with van der Waals surface area (Å²) in [6, 6.07) is 16.9. The van der Waals surface area contributed by atoms with Crippen LogP contribution in [0.3, 0.4) is 0 Å². The minimum absolute atomic E-state index is 0. The molecule has 3 amide bonds. The van der Waals surface area contributed by atoms with E-state index in [0.29, 0.717) is 30.9 Å². The quantitative estimate of drug-likeness (QED) is 0.130. The Morgan fingerprint density at radius 2 is 1.66 bits per heavy atom. The van der Waals surface area contributed by atoms with Crippen molar-refractivity contribution in [3.8, 4) is 11.1 Å². The molecule has 6 rings (SSSR count). The second-order valence-electron chi connectivity index (χ2n) is 14.3. The molecule has 4 aromatic rings. The maximum Gasteiger partial charge on any atom is 0.449 e. The molecule has 0 radical (unpaired) electrons. The molecule has 2 heterocycles. The van der Waals surface area contributed by atoms with Gasteiger partial charge in [-0.25, -0.2) is 4.98 Å². The molecular weight excluding hydrogens is 707 g/mol. The molecule has 0 bridgehead atoms. The number of likely N-dealkylation sites (tertiary alicyclic amines) is 1. The van der Waals surface area contributed by atoms with Gasteiger partial charge in [-0.2, -0.15) is 13.2 Å². The Morgan fingerprint density at radius 3 is 2.30 bits per heavy atom. The molecule has 284 valence electrons. The number of aromatic amines is 1. The molecule has 2 fully saturated rings. The van der Waals surface area contributed by atoms with Gasteiger partial charge < -0.3 is 31.6 Å². The van der Waals surface area contributed by atoms with E-state index in [0.717, 1.165) is 61.0 Å². The first-order valence-electron chi connectivity index (χ1n) is 17.9. The maximum absolute atomic E-state index is 13.7. The number of hydrogen-bond donors (Lipinski definition) is 5. The van der Waals surface area contributed by atoms with Crippen molar-refractivity contribution < 1.29 is 27.6 Å². The fourth-order valence-electron chi connectivity index (χ4n) is 7.22. The van der Waals surface area contributed by atoms with Crippen LogP contribution in [-0.4, -0.2) is 71.4 Å². The van der Waals surface area contributed by atoms with E-state index in [-0.39, 0.29) is 59.3 Å². The largest absolute Gasteiger partial charge is 0.449 e. The molecule has 14 heteroatoms. The zero-order valence-corrected chi connectivity index (χ0v) is 30.7. The number of piperidine rings is 1. The zero-order chi connectivity index (χ0) is 37.0. The van der Waals surface area contributed by atoms with Gasteiger partial charge >= 0.3 is 6.18 Å². The lowest BCUT2D eigenvalue weighted by Crippen LogP contribution is -2.48. The fourth-order valence-corrected chi connectivity index (χ4v) is 7.22. The first-order valence-corrected chi connectivity index (χ1v) is 17.9. The number of nitrogens with zero attached hydrogens (tertiary/aromatic N) is 2. The average Bonchev–Trinajstić information content (AvgIpc) is 3.57. The number of imidazole rings is 1. The van der Waals surface area contributed by atoms with Gasteiger partial charge in [-0.1, -0.05) is 30.3 Å². The monoisotopic (exact) mass is 753 g/mol. The Kier molecular flexibility index (Phi) is 12.8. The molecule has 1 aliphatic heterocycles. The molecule has 53 heavy (non-hydrogen) atoms. The Morgan fingerprint density at radius 1 is 0.962 bits per heavy atom. The number of benzene rings is 3. The van der Waals surface area contributed by atoms with Crippen molar-refractivity contribution in [3.05, 3.63) is 83.2 Å². The van der Waals surface area contributed by atoms with E-state index in [2.05, 4.69) is 37.9 Å². The highest BCUT2D eigenvalue weighted by molar-refractivity contribution is 5.99. The Hall–Kier alpha value is -4.46. The smallest absolute Gasteiger partial charge is 0.349 e. The first-order chi connectivity index (χ1) is 24.9. The lowest BCUT2D eigenvalue weighted by Gasteiger charge is -2.29. The number of hydrogen-bond acceptors (Lipinski definition) is 6. The molecule has 0 unspecified atom stereocenters. The van der Waals surface area contributed by atoms with Gasteiger partial charge in [0.25, 0.3) is 5.91 Å². The lowest BCUT2D eigenvalue weighted by molar-refractivity contribution is -0.144. The Bertz CT molecular complexity index is 1900. The van der Waals surface area contributed by atoms with Gasteiger partial charge in [-0.15, -0.1) is 12.4 Å². The third kappa shape index (κ3) is 9.95. The standard InChI is InChI=1S/C39H46F3N7O3.ClH/c1-23-19-28(36(51)44-29-15-17-49(2)18-16-29)11-13-31(23)26-7-3-24(4-8-26)20-34(46-35(50)27-9-5-25(22-43)6-10-27)37(52)45-30-12-14-32-33(21-30)48-38(47-32)39(40,41)42;/h3-4,7-8,11-14,19,21,25,27,29,34H,5-6,9-10,15-18,20,22,43H2,1-2H3,(H,44,51)(H,45,52)(H,46,50)(H,47,48);1H/t25?,27?,34-;/m0./s1. The van der Waals surface area contributed by atoms with Crippen LogP contribution in [0.2, 0.25) is 0 Å². The van der Waals surface area contributed by atoms with Crippen molar-refractivity contribution in [1.82, 2.24) is 25.5 Å². The number of H-pyrrole nitrogens is 1. The molecule has 1 atom stereocenters. The van der Waals surface area contributed by atoms with E-state index in [1.807, 2.05) is 49.4 Å². The zero-order valence-electron chi connectivity index (χ0n) is 29.9. The highest BCUT2D eigenvalue weighted by Gasteiger charge is 2.35. The third-order valence-electron chi connectivity index (χ3n) is 10.4. The normalized spacial score (nSPS) is 18.9. The van der Waals surface area contributed by atoms with Crippen LogP contribution in [0.5, 0.6) is 0 Å². The topological polar surface area (TPSA) is 145 Å². The number of halogens is 4. The molecular formula is C39H47ClF3N7O3. The maximum atomic E-state index is 13.7. The van der Waals surface area contributed by atoms with E-state index in [9.17, 15) is 27.6 Å². The second kappa shape index (κ2) is 17.1. The predicted molar refractivity (Wildman–Crippen MR) is 202 cm³/mol. The van der Waals surface area contributed by atoms with E-state index >= 15 is 0 Å². The number of rotatable bonds is 10. The van der Waals surface area contributed by atoms with Crippen LogP contribution in [0.15, 0.2) is 60.7 Å². The van der Waals surface area contributed by atoms with Crippen LogP contribution in [0.4, 0.5) is 18.9 Å². The highest BCUT2D eigenvalue weighted by atomic mass is 35.5. The van der Waals surface area contributed by atoms with Crippen LogP contribution in [-0.2, 0) is 22.2 Å². The van der Waals surface area contributed by atoms with Gasteiger partial charge in [0.1, 0.15) is 6.04 Å². The molecule has 1 saturated carbocycles. The lowest BCUT2D eigenvalue weighted by atomic mass is 9.81. The second-order valence-corrected chi connectivity index (χ2v) is 14.3. The summed E-state index contributed by atoms with van der Waals surface area (Å²) in [4.78, 5) is 48.2. The SMILES string of the molecule is Cc1cc(C(=O)NC2CCN(C)CC2)ccc1-c1ccc(C[C@H](NC(=O)C2CCC(CN)CC2)C(=O)Nc2ccc3nc(C(F)(F)F)[nH]c3c2)cc1.Cl. The first kappa shape index (κ1) is 39.7. The van der Waals surface area contributed by atoms with E-state index in [4.69, 9.17) is 5.73 Å². The number of carbonyl (C=O) groups excluding carboxylic acids is 3. The number of amides is 3. The van der Waals surface area contributed by atoms with Crippen LogP contribution in [0.1, 0.15) is 65.8 Å². The number of fused-ring (bicyclic) bond motifs is 1. The number of carbonyl (C=O) groups is 3. The number of aromatic nitrogens is 2. The van der Waals surface area contributed by atoms with Crippen molar-refractivity contribution in [2.75, 3.05) is 32.0 Å². The van der Waals surface area contributed by atoms with Crippen LogP contribution in [0, 0.1) is 18.8 Å². The van der Waals surface area contributed by atoms with E-state index < -0.39 is 23.9 Å². The van der Waals surface area contributed by atoms with Gasteiger partial charge in [-0.05, 0) is 131 Å². The molecule has 10 nitrogen and oxygen atoms in total. The van der Waals surface area contributed by atoms with Gasteiger partial charge in [0.05, 0.1) is 11.0 Å². The van der Waals surface area contributed by atoms with Crippen molar-refractivity contribution in [2.45, 2.75) is 70.1 Å². The molecule has 6 N–H and O–H groups in total. The number of anilines is 1. The molecule has 3 aromatic carbocycles. The molecule has 0 spiro atoms. The van der Waals surface area contributed by atoms with Crippen LogP contribution in [0.25, 0.3) is 22.2 Å².